The predicted molar refractivity (Wildman–Crippen MR) is 98.8 cm³/mol. The van der Waals surface area contributed by atoms with Gasteiger partial charge in [0.25, 0.3) is 9.05 Å². The minimum atomic E-state index is -3.45. The number of hydrogen-bond acceptors (Lipinski definition) is 2. The normalized spacial score (nSPS) is 12.3. The predicted octanol–water partition coefficient (Wildman–Crippen LogP) is 6.94. The van der Waals surface area contributed by atoms with Crippen LogP contribution >= 0.6 is 10.7 Å². The Morgan fingerprint density at radius 1 is 0.682 bits per heavy atom. The van der Waals surface area contributed by atoms with Gasteiger partial charge < -0.3 is 0 Å². The SMILES string of the molecule is CCCCCCCCCCCCCCCCC=CS(=O)(=O)Cl. The van der Waals surface area contributed by atoms with E-state index >= 15 is 0 Å². The minimum Gasteiger partial charge on any atom is -0.208 e. The highest BCUT2D eigenvalue weighted by molar-refractivity contribution is 8.16. The average molecular weight is 351 g/mol. The Morgan fingerprint density at radius 2 is 1.05 bits per heavy atom. The van der Waals surface area contributed by atoms with Gasteiger partial charge in [0.15, 0.2) is 0 Å². The molecule has 0 heterocycles. The van der Waals surface area contributed by atoms with Gasteiger partial charge in [-0.15, -0.1) is 0 Å². The summed E-state index contributed by atoms with van der Waals surface area (Å²) < 4.78 is 21.3. The van der Waals surface area contributed by atoms with E-state index in [9.17, 15) is 8.42 Å². The van der Waals surface area contributed by atoms with E-state index in [-0.39, 0.29) is 0 Å². The summed E-state index contributed by atoms with van der Waals surface area (Å²) in [6.07, 6.45) is 21.2. The third-order valence-electron chi connectivity index (χ3n) is 3.98. The fourth-order valence-corrected chi connectivity index (χ4v) is 3.22. The van der Waals surface area contributed by atoms with E-state index < -0.39 is 9.05 Å². The summed E-state index contributed by atoms with van der Waals surface area (Å²) in [5.74, 6) is 0. The molecule has 0 bridgehead atoms. The fourth-order valence-electron chi connectivity index (χ4n) is 2.64. The highest BCUT2D eigenvalue weighted by Gasteiger charge is 1.96. The highest BCUT2D eigenvalue weighted by atomic mass is 35.7. The van der Waals surface area contributed by atoms with Crippen molar-refractivity contribution < 1.29 is 8.42 Å². The zero-order valence-corrected chi connectivity index (χ0v) is 15.9. The van der Waals surface area contributed by atoms with E-state index in [1.165, 1.54) is 83.5 Å². The maximum absolute atomic E-state index is 10.7. The second kappa shape index (κ2) is 15.9. The lowest BCUT2D eigenvalue weighted by atomic mass is 10.0. The molecule has 0 aliphatic carbocycles. The molecule has 0 atom stereocenters. The molecule has 0 amide bonds. The summed E-state index contributed by atoms with van der Waals surface area (Å²) in [5, 5.41) is 1.09. The first-order chi connectivity index (χ1) is 10.6. The van der Waals surface area contributed by atoms with Crippen molar-refractivity contribution in [1.82, 2.24) is 0 Å². The summed E-state index contributed by atoms with van der Waals surface area (Å²) in [7, 11) is 1.63. The largest absolute Gasteiger partial charge is 0.254 e. The first kappa shape index (κ1) is 22.0. The van der Waals surface area contributed by atoms with Crippen LogP contribution in [-0.4, -0.2) is 8.42 Å². The molecule has 0 fully saturated rings. The molecule has 0 radical (unpaired) electrons. The molecule has 0 saturated heterocycles. The van der Waals surface area contributed by atoms with Crippen molar-refractivity contribution in [3.63, 3.8) is 0 Å². The van der Waals surface area contributed by atoms with E-state index in [1.807, 2.05) is 0 Å². The van der Waals surface area contributed by atoms with Crippen LogP contribution < -0.4 is 0 Å². The molecule has 22 heavy (non-hydrogen) atoms. The van der Waals surface area contributed by atoms with Crippen molar-refractivity contribution in [3.05, 3.63) is 11.5 Å². The van der Waals surface area contributed by atoms with Crippen LogP contribution in [0, 0.1) is 0 Å². The van der Waals surface area contributed by atoms with Gasteiger partial charge in [-0.05, 0) is 12.8 Å². The summed E-state index contributed by atoms with van der Waals surface area (Å²) >= 11 is 0. The van der Waals surface area contributed by atoms with Crippen LogP contribution in [-0.2, 0) is 9.05 Å². The van der Waals surface area contributed by atoms with Crippen LogP contribution in [0.2, 0.25) is 0 Å². The third kappa shape index (κ3) is 20.0. The molecule has 0 saturated carbocycles. The second-order valence-electron chi connectivity index (χ2n) is 6.23. The van der Waals surface area contributed by atoms with Gasteiger partial charge in [0, 0.05) is 16.1 Å². The maximum atomic E-state index is 10.7. The monoisotopic (exact) mass is 350 g/mol. The first-order valence-electron chi connectivity index (χ1n) is 9.17. The van der Waals surface area contributed by atoms with Crippen LogP contribution in [0.4, 0.5) is 0 Å². The van der Waals surface area contributed by atoms with Crippen LogP contribution in [0.3, 0.4) is 0 Å². The molecule has 0 aromatic rings. The Kier molecular flexibility index (Phi) is 15.8. The molecule has 0 spiro atoms. The lowest BCUT2D eigenvalue weighted by Gasteiger charge is -2.02. The minimum absolute atomic E-state index is 0.810. The zero-order valence-electron chi connectivity index (χ0n) is 14.4. The molecule has 132 valence electrons. The number of rotatable bonds is 16. The fraction of sp³-hybridized carbons (Fsp3) is 0.889. The van der Waals surface area contributed by atoms with Crippen molar-refractivity contribution in [1.29, 1.82) is 0 Å². The topological polar surface area (TPSA) is 34.1 Å². The molecule has 0 aromatic heterocycles. The molecular weight excluding hydrogens is 316 g/mol. The Labute approximate surface area is 143 Å². The van der Waals surface area contributed by atoms with Gasteiger partial charge in [-0.25, -0.2) is 8.42 Å². The first-order valence-corrected chi connectivity index (χ1v) is 11.5. The van der Waals surface area contributed by atoms with Gasteiger partial charge in [0.05, 0.1) is 0 Å². The highest BCUT2D eigenvalue weighted by Crippen LogP contribution is 2.13. The van der Waals surface area contributed by atoms with Crippen LogP contribution in [0.15, 0.2) is 11.5 Å². The number of allylic oxidation sites excluding steroid dienone is 1. The molecular formula is C18H35ClO2S. The van der Waals surface area contributed by atoms with Crippen LogP contribution in [0.25, 0.3) is 0 Å². The molecule has 0 N–H and O–H groups in total. The molecule has 4 heteroatoms. The standard InChI is InChI=1S/C18H35ClO2S/c1-2-3-4-5-6-7-8-9-10-11-12-13-14-15-16-17-18-22(19,20)21/h17-18H,2-16H2,1H3. The lowest BCUT2D eigenvalue weighted by Crippen LogP contribution is -1.83. The van der Waals surface area contributed by atoms with Gasteiger partial charge in [-0.3, -0.25) is 0 Å². The number of unbranched alkanes of at least 4 members (excludes halogenated alkanes) is 14. The lowest BCUT2D eigenvalue weighted by molar-refractivity contribution is 0.536. The summed E-state index contributed by atoms with van der Waals surface area (Å²) in [6.45, 7) is 2.26. The summed E-state index contributed by atoms with van der Waals surface area (Å²) in [5.41, 5.74) is 0. The zero-order chi connectivity index (χ0) is 16.5. The number of hydrogen-bond donors (Lipinski definition) is 0. The smallest absolute Gasteiger partial charge is 0.208 e. The summed E-state index contributed by atoms with van der Waals surface area (Å²) in [6, 6.07) is 0. The Bertz CT molecular complexity index is 350. The quantitative estimate of drug-likeness (QED) is 0.223. The van der Waals surface area contributed by atoms with Crippen molar-refractivity contribution in [2.75, 3.05) is 0 Å². The maximum Gasteiger partial charge on any atom is 0.254 e. The van der Waals surface area contributed by atoms with E-state index in [2.05, 4.69) is 6.92 Å². The van der Waals surface area contributed by atoms with Gasteiger partial charge in [0.2, 0.25) is 0 Å². The van der Waals surface area contributed by atoms with Crippen molar-refractivity contribution in [2.45, 2.75) is 103 Å². The average Bonchev–Trinajstić information content (AvgIpc) is 2.45. The Balaban J connectivity index is 3.10. The van der Waals surface area contributed by atoms with Gasteiger partial charge in [-0.1, -0.05) is 96.5 Å². The van der Waals surface area contributed by atoms with Crippen molar-refractivity contribution >= 4 is 19.7 Å². The molecule has 0 aliphatic heterocycles. The third-order valence-corrected chi connectivity index (χ3v) is 4.81. The Hall–Kier alpha value is -0.0200. The van der Waals surface area contributed by atoms with E-state index in [4.69, 9.17) is 10.7 Å². The van der Waals surface area contributed by atoms with E-state index in [0.29, 0.717) is 0 Å². The second-order valence-corrected chi connectivity index (χ2v) is 8.75. The van der Waals surface area contributed by atoms with Crippen molar-refractivity contribution in [3.8, 4) is 0 Å². The van der Waals surface area contributed by atoms with Gasteiger partial charge in [-0.2, -0.15) is 0 Å². The molecule has 0 aromatic carbocycles. The van der Waals surface area contributed by atoms with Gasteiger partial charge in [0.1, 0.15) is 0 Å². The van der Waals surface area contributed by atoms with Crippen molar-refractivity contribution in [2.24, 2.45) is 0 Å². The number of halogens is 1. The van der Waals surface area contributed by atoms with Gasteiger partial charge >= 0.3 is 0 Å². The molecule has 0 rings (SSSR count). The molecule has 2 nitrogen and oxygen atoms in total. The Morgan fingerprint density at radius 3 is 1.41 bits per heavy atom. The van der Waals surface area contributed by atoms with Crippen LogP contribution in [0.1, 0.15) is 103 Å². The van der Waals surface area contributed by atoms with E-state index in [1.54, 1.807) is 6.08 Å². The van der Waals surface area contributed by atoms with E-state index in [0.717, 1.165) is 18.2 Å². The molecule has 0 unspecified atom stereocenters. The van der Waals surface area contributed by atoms with Crippen LogP contribution in [0.5, 0.6) is 0 Å². The molecule has 0 aliphatic rings. The summed E-state index contributed by atoms with van der Waals surface area (Å²) in [4.78, 5) is 0.